The summed E-state index contributed by atoms with van der Waals surface area (Å²) < 4.78 is 4.98. The molecule has 2 aromatic heterocycles. The van der Waals surface area contributed by atoms with Crippen LogP contribution in [0.2, 0.25) is 0 Å². The topological polar surface area (TPSA) is 93.2 Å². The van der Waals surface area contributed by atoms with Gasteiger partial charge >= 0.3 is 0 Å². The summed E-state index contributed by atoms with van der Waals surface area (Å²) in [6.07, 6.45) is 1.46. The lowest BCUT2D eigenvalue weighted by molar-refractivity contribution is 0.0927. The largest absolute Gasteiger partial charge is 0.459 e. The van der Waals surface area contributed by atoms with Crippen LogP contribution in [0.25, 0.3) is 0 Å². The van der Waals surface area contributed by atoms with Crippen LogP contribution in [0, 0.1) is 6.92 Å². The quantitative estimate of drug-likeness (QED) is 0.707. The average Bonchev–Trinajstić information content (AvgIpc) is 2.92. The van der Waals surface area contributed by atoms with E-state index in [2.05, 4.69) is 15.6 Å². The lowest BCUT2D eigenvalue weighted by Crippen LogP contribution is -2.28. The molecule has 0 aliphatic heterocycles. The molecule has 0 bridgehead atoms. The zero-order valence-electron chi connectivity index (χ0n) is 10.6. The highest BCUT2D eigenvalue weighted by molar-refractivity contribution is 5.91. The minimum atomic E-state index is -0.239. The van der Waals surface area contributed by atoms with Crippen molar-refractivity contribution in [1.29, 1.82) is 0 Å². The fraction of sp³-hybridized carbons (Fsp3) is 0.231. The molecule has 0 aliphatic carbocycles. The molecule has 0 spiro atoms. The van der Waals surface area contributed by atoms with Crippen molar-refractivity contribution < 1.29 is 9.21 Å². The Morgan fingerprint density at radius 1 is 1.37 bits per heavy atom. The summed E-state index contributed by atoms with van der Waals surface area (Å²) in [5.41, 5.74) is 7.25. The number of nitrogen functional groups attached to an aromatic ring is 1. The van der Waals surface area contributed by atoms with Crippen LogP contribution in [-0.4, -0.2) is 24.0 Å². The average molecular weight is 260 g/mol. The van der Waals surface area contributed by atoms with Gasteiger partial charge in [-0.25, -0.2) is 4.98 Å². The van der Waals surface area contributed by atoms with Gasteiger partial charge < -0.3 is 20.8 Å². The number of nitrogens with one attached hydrogen (secondary N) is 2. The fourth-order valence-corrected chi connectivity index (χ4v) is 1.56. The molecule has 1 amide bonds. The molecule has 19 heavy (non-hydrogen) atoms. The number of rotatable bonds is 5. The van der Waals surface area contributed by atoms with Gasteiger partial charge in [-0.2, -0.15) is 0 Å². The Morgan fingerprint density at radius 2 is 2.21 bits per heavy atom. The van der Waals surface area contributed by atoms with Crippen molar-refractivity contribution in [3.8, 4) is 0 Å². The number of anilines is 2. The minimum absolute atomic E-state index is 0.239. The maximum Gasteiger partial charge on any atom is 0.287 e. The summed E-state index contributed by atoms with van der Waals surface area (Å²) in [6.45, 7) is 2.88. The lowest BCUT2D eigenvalue weighted by atomic mass is 10.3. The Kier molecular flexibility index (Phi) is 4.02. The Hall–Kier alpha value is -2.50. The summed E-state index contributed by atoms with van der Waals surface area (Å²) in [4.78, 5) is 15.8. The van der Waals surface area contributed by atoms with Crippen molar-refractivity contribution in [1.82, 2.24) is 10.3 Å². The predicted octanol–water partition coefficient (Wildman–Crippen LogP) is 1.41. The number of aryl methyl sites for hydroxylation is 1. The van der Waals surface area contributed by atoms with Crippen LogP contribution in [0.15, 0.2) is 34.9 Å². The zero-order chi connectivity index (χ0) is 13.7. The van der Waals surface area contributed by atoms with Crippen molar-refractivity contribution in [3.63, 3.8) is 0 Å². The van der Waals surface area contributed by atoms with Crippen molar-refractivity contribution >= 4 is 17.4 Å². The summed E-state index contributed by atoms with van der Waals surface area (Å²) in [5, 5.41) is 5.80. The molecular formula is C13H16N4O2. The van der Waals surface area contributed by atoms with Crippen LogP contribution in [0.3, 0.4) is 0 Å². The second-order valence-corrected chi connectivity index (χ2v) is 4.05. The Labute approximate surface area is 111 Å². The second-order valence-electron chi connectivity index (χ2n) is 4.05. The summed E-state index contributed by atoms with van der Waals surface area (Å²) in [6, 6.07) is 6.93. The molecule has 0 fully saturated rings. The lowest BCUT2D eigenvalue weighted by Gasteiger charge is -2.09. The van der Waals surface area contributed by atoms with Crippen molar-refractivity contribution in [2.75, 3.05) is 24.1 Å². The van der Waals surface area contributed by atoms with Gasteiger partial charge in [0, 0.05) is 18.8 Å². The van der Waals surface area contributed by atoms with E-state index in [9.17, 15) is 4.79 Å². The maximum atomic E-state index is 11.6. The third-order valence-electron chi connectivity index (χ3n) is 2.51. The highest BCUT2D eigenvalue weighted by Crippen LogP contribution is 2.14. The third kappa shape index (κ3) is 3.48. The van der Waals surface area contributed by atoms with Gasteiger partial charge in [-0.15, -0.1) is 0 Å². The summed E-state index contributed by atoms with van der Waals surface area (Å²) in [7, 11) is 0. The molecule has 0 radical (unpaired) electrons. The number of amides is 1. The van der Waals surface area contributed by atoms with E-state index in [4.69, 9.17) is 10.2 Å². The standard InChI is InChI=1S/C13H16N4O2/c1-9-4-5-10(14)12(17-9)15-6-7-16-13(18)11-3-2-8-19-11/h2-5,8H,6-7,14H2,1H3,(H,15,17)(H,16,18). The minimum Gasteiger partial charge on any atom is -0.459 e. The highest BCUT2D eigenvalue weighted by atomic mass is 16.3. The Morgan fingerprint density at radius 3 is 2.95 bits per heavy atom. The molecule has 0 aromatic carbocycles. The molecule has 0 aliphatic rings. The van der Waals surface area contributed by atoms with Gasteiger partial charge in [0.05, 0.1) is 12.0 Å². The molecule has 6 nitrogen and oxygen atoms in total. The Balaban J connectivity index is 1.78. The molecule has 4 N–H and O–H groups in total. The SMILES string of the molecule is Cc1ccc(N)c(NCCNC(=O)c2ccco2)n1. The summed E-state index contributed by atoms with van der Waals surface area (Å²) >= 11 is 0. The van der Waals surface area contributed by atoms with E-state index < -0.39 is 0 Å². The van der Waals surface area contributed by atoms with Gasteiger partial charge in [0.1, 0.15) is 5.82 Å². The first-order chi connectivity index (χ1) is 9.16. The molecule has 2 aromatic rings. The van der Waals surface area contributed by atoms with Crippen LogP contribution in [0.1, 0.15) is 16.2 Å². The molecule has 0 saturated heterocycles. The van der Waals surface area contributed by atoms with E-state index in [1.807, 2.05) is 13.0 Å². The predicted molar refractivity (Wildman–Crippen MR) is 72.9 cm³/mol. The second kappa shape index (κ2) is 5.90. The first kappa shape index (κ1) is 12.9. The van der Waals surface area contributed by atoms with E-state index in [-0.39, 0.29) is 5.91 Å². The number of furan rings is 1. The molecule has 0 saturated carbocycles. The number of nitrogens with zero attached hydrogens (tertiary/aromatic N) is 1. The van der Waals surface area contributed by atoms with Crippen LogP contribution < -0.4 is 16.4 Å². The normalized spacial score (nSPS) is 10.2. The number of hydrogen-bond donors (Lipinski definition) is 3. The van der Waals surface area contributed by atoms with Crippen LogP contribution >= 0.6 is 0 Å². The Bertz CT molecular complexity index is 552. The van der Waals surface area contributed by atoms with E-state index in [1.54, 1.807) is 18.2 Å². The number of carbonyl (C=O) groups excluding carboxylic acids is 1. The molecule has 2 heterocycles. The summed E-state index contributed by atoms with van der Waals surface area (Å²) in [5.74, 6) is 0.692. The van der Waals surface area contributed by atoms with Gasteiger partial charge in [-0.05, 0) is 31.2 Å². The van der Waals surface area contributed by atoms with Gasteiger partial charge in [0.25, 0.3) is 5.91 Å². The molecular weight excluding hydrogens is 244 g/mol. The van der Waals surface area contributed by atoms with E-state index in [1.165, 1.54) is 6.26 Å². The molecule has 0 atom stereocenters. The zero-order valence-corrected chi connectivity index (χ0v) is 10.6. The number of hydrogen-bond acceptors (Lipinski definition) is 5. The monoisotopic (exact) mass is 260 g/mol. The van der Waals surface area contributed by atoms with Crippen molar-refractivity contribution in [2.24, 2.45) is 0 Å². The first-order valence-electron chi connectivity index (χ1n) is 5.95. The van der Waals surface area contributed by atoms with Crippen molar-refractivity contribution in [2.45, 2.75) is 6.92 Å². The molecule has 6 heteroatoms. The van der Waals surface area contributed by atoms with Gasteiger partial charge in [-0.1, -0.05) is 0 Å². The van der Waals surface area contributed by atoms with Crippen LogP contribution in [0.4, 0.5) is 11.5 Å². The first-order valence-corrected chi connectivity index (χ1v) is 5.95. The maximum absolute atomic E-state index is 11.6. The van der Waals surface area contributed by atoms with E-state index >= 15 is 0 Å². The van der Waals surface area contributed by atoms with Gasteiger partial charge in [-0.3, -0.25) is 4.79 Å². The number of aromatic nitrogens is 1. The van der Waals surface area contributed by atoms with Gasteiger partial charge in [0.2, 0.25) is 0 Å². The molecule has 0 unspecified atom stereocenters. The van der Waals surface area contributed by atoms with Crippen molar-refractivity contribution in [3.05, 3.63) is 42.0 Å². The van der Waals surface area contributed by atoms with E-state index in [0.29, 0.717) is 30.4 Å². The van der Waals surface area contributed by atoms with Crippen LogP contribution in [0.5, 0.6) is 0 Å². The van der Waals surface area contributed by atoms with E-state index in [0.717, 1.165) is 5.69 Å². The smallest absolute Gasteiger partial charge is 0.287 e. The molecule has 2 rings (SSSR count). The molecule has 100 valence electrons. The highest BCUT2D eigenvalue weighted by Gasteiger charge is 2.07. The fourth-order valence-electron chi connectivity index (χ4n) is 1.56. The number of pyridine rings is 1. The number of carbonyl (C=O) groups is 1. The van der Waals surface area contributed by atoms with Gasteiger partial charge in [0.15, 0.2) is 5.76 Å². The third-order valence-corrected chi connectivity index (χ3v) is 2.51. The van der Waals surface area contributed by atoms with Crippen LogP contribution in [-0.2, 0) is 0 Å². The number of nitrogens with two attached hydrogens (primary N) is 1.